The van der Waals surface area contributed by atoms with Gasteiger partial charge in [-0.25, -0.2) is 8.42 Å². The predicted molar refractivity (Wildman–Crippen MR) is 117 cm³/mol. The summed E-state index contributed by atoms with van der Waals surface area (Å²) in [7, 11) is -3.74. The standard InChI is InChI=1S/C20H18ClN3O3S2/c1-14(28-18-8-4-15(21)5-9-18)20(25)23-16-6-10-19(11-7-16)29(26,27)24-17-3-2-12-22-13-17/h2-14,24H,1H3,(H,23,25). The molecule has 1 unspecified atom stereocenters. The van der Waals surface area contributed by atoms with Crippen LogP contribution in [0.25, 0.3) is 0 Å². The number of rotatable bonds is 7. The van der Waals surface area contributed by atoms with Gasteiger partial charge in [0.05, 0.1) is 22.0 Å². The molecular weight excluding hydrogens is 430 g/mol. The van der Waals surface area contributed by atoms with Gasteiger partial charge in [0.15, 0.2) is 0 Å². The second-order valence-corrected chi connectivity index (χ2v) is 9.61. The lowest BCUT2D eigenvalue weighted by atomic mass is 10.3. The van der Waals surface area contributed by atoms with Crippen molar-refractivity contribution in [2.75, 3.05) is 10.0 Å². The van der Waals surface area contributed by atoms with Gasteiger partial charge < -0.3 is 5.32 Å². The molecule has 0 radical (unpaired) electrons. The Balaban J connectivity index is 1.62. The number of sulfonamides is 1. The maximum Gasteiger partial charge on any atom is 0.261 e. The molecule has 0 saturated heterocycles. The number of nitrogens with one attached hydrogen (secondary N) is 2. The molecule has 0 aliphatic rings. The molecule has 1 heterocycles. The molecule has 0 aliphatic heterocycles. The smallest absolute Gasteiger partial charge is 0.261 e. The van der Waals surface area contributed by atoms with E-state index < -0.39 is 10.0 Å². The monoisotopic (exact) mass is 447 g/mol. The van der Waals surface area contributed by atoms with Crippen LogP contribution in [0.2, 0.25) is 5.02 Å². The molecule has 6 nitrogen and oxygen atoms in total. The van der Waals surface area contributed by atoms with Gasteiger partial charge in [-0.15, -0.1) is 11.8 Å². The van der Waals surface area contributed by atoms with Gasteiger partial charge in [-0.1, -0.05) is 11.6 Å². The van der Waals surface area contributed by atoms with Crippen LogP contribution in [-0.2, 0) is 14.8 Å². The highest BCUT2D eigenvalue weighted by Crippen LogP contribution is 2.26. The minimum absolute atomic E-state index is 0.0861. The molecule has 0 spiro atoms. The van der Waals surface area contributed by atoms with E-state index in [1.807, 2.05) is 12.1 Å². The van der Waals surface area contributed by atoms with Crippen molar-refractivity contribution in [1.29, 1.82) is 0 Å². The van der Waals surface area contributed by atoms with E-state index in [1.54, 1.807) is 49.5 Å². The quantitative estimate of drug-likeness (QED) is 0.514. The maximum atomic E-state index is 12.4. The Labute approximate surface area is 178 Å². The van der Waals surface area contributed by atoms with Crippen molar-refractivity contribution < 1.29 is 13.2 Å². The molecule has 3 rings (SSSR count). The van der Waals surface area contributed by atoms with E-state index in [4.69, 9.17) is 11.6 Å². The largest absolute Gasteiger partial charge is 0.325 e. The van der Waals surface area contributed by atoms with Crippen LogP contribution in [0.1, 0.15) is 6.92 Å². The summed E-state index contributed by atoms with van der Waals surface area (Å²) in [6.07, 6.45) is 2.98. The minimum Gasteiger partial charge on any atom is -0.325 e. The van der Waals surface area contributed by atoms with E-state index in [1.165, 1.54) is 30.1 Å². The van der Waals surface area contributed by atoms with E-state index in [2.05, 4.69) is 15.0 Å². The van der Waals surface area contributed by atoms with Gasteiger partial charge in [0.1, 0.15) is 0 Å². The summed E-state index contributed by atoms with van der Waals surface area (Å²) in [5.41, 5.74) is 0.886. The van der Waals surface area contributed by atoms with Crippen LogP contribution >= 0.6 is 23.4 Å². The van der Waals surface area contributed by atoms with Crippen molar-refractivity contribution >= 4 is 50.7 Å². The van der Waals surface area contributed by atoms with Crippen molar-refractivity contribution in [3.63, 3.8) is 0 Å². The molecule has 0 saturated carbocycles. The first-order chi connectivity index (χ1) is 13.8. The van der Waals surface area contributed by atoms with Crippen LogP contribution < -0.4 is 10.0 Å². The van der Waals surface area contributed by atoms with Gasteiger partial charge in [-0.05, 0) is 67.6 Å². The van der Waals surface area contributed by atoms with Crippen LogP contribution in [0, 0.1) is 0 Å². The Kier molecular flexibility index (Phi) is 6.79. The number of pyridine rings is 1. The van der Waals surface area contributed by atoms with Crippen molar-refractivity contribution in [2.45, 2.75) is 22.0 Å². The molecule has 1 amide bonds. The average Bonchev–Trinajstić information content (AvgIpc) is 2.70. The fourth-order valence-electron chi connectivity index (χ4n) is 2.37. The Morgan fingerprint density at radius 3 is 2.34 bits per heavy atom. The molecule has 1 atom stereocenters. The highest BCUT2D eigenvalue weighted by molar-refractivity contribution is 8.00. The van der Waals surface area contributed by atoms with Crippen LogP contribution in [0.5, 0.6) is 0 Å². The molecule has 0 fully saturated rings. The lowest BCUT2D eigenvalue weighted by Gasteiger charge is -2.13. The van der Waals surface area contributed by atoms with E-state index in [0.29, 0.717) is 16.4 Å². The van der Waals surface area contributed by atoms with Gasteiger partial charge in [-0.2, -0.15) is 0 Å². The van der Waals surface area contributed by atoms with Gasteiger partial charge in [0.2, 0.25) is 5.91 Å². The molecule has 1 aromatic heterocycles. The molecule has 9 heteroatoms. The highest BCUT2D eigenvalue weighted by Gasteiger charge is 2.17. The van der Waals surface area contributed by atoms with Crippen LogP contribution in [0.4, 0.5) is 11.4 Å². The normalized spacial score (nSPS) is 12.2. The SMILES string of the molecule is CC(Sc1ccc(Cl)cc1)C(=O)Nc1ccc(S(=O)(=O)Nc2cccnc2)cc1. The van der Waals surface area contributed by atoms with Crippen LogP contribution in [0.15, 0.2) is 82.8 Å². The van der Waals surface area contributed by atoms with Crippen molar-refractivity contribution in [3.8, 4) is 0 Å². The number of carbonyl (C=O) groups excluding carboxylic acids is 1. The summed E-state index contributed by atoms with van der Waals surface area (Å²) in [4.78, 5) is 17.3. The number of carbonyl (C=O) groups is 1. The third-order valence-electron chi connectivity index (χ3n) is 3.84. The van der Waals surface area contributed by atoms with Crippen molar-refractivity contribution in [1.82, 2.24) is 4.98 Å². The van der Waals surface area contributed by atoms with Crippen molar-refractivity contribution in [2.24, 2.45) is 0 Å². The molecule has 3 aromatic rings. The predicted octanol–water partition coefficient (Wildman–Crippen LogP) is 4.66. The third kappa shape index (κ3) is 5.96. The Hall–Kier alpha value is -2.55. The van der Waals surface area contributed by atoms with Crippen LogP contribution in [0.3, 0.4) is 0 Å². The molecular formula is C20H18ClN3O3S2. The van der Waals surface area contributed by atoms with Gasteiger partial charge in [0, 0.05) is 21.8 Å². The van der Waals surface area contributed by atoms with Gasteiger partial charge in [-0.3, -0.25) is 14.5 Å². The zero-order valence-corrected chi connectivity index (χ0v) is 17.8. The number of aromatic nitrogens is 1. The molecule has 2 N–H and O–H groups in total. The van der Waals surface area contributed by atoms with Gasteiger partial charge >= 0.3 is 0 Å². The molecule has 0 bridgehead atoms. The van der Waals surface area contributed by atoms with Crippen molar-refractivity contribution in [3.05, 3.63) is 78.1 Å². The second kappa shape index (κ2) is 9.30. The summed E-state index contributed by atoms with van der Waals surface area (Å²) >= 11 is 7.28. The number of halogens is 1. The Morgan fingerprint density at radius 2 is 1.72 bits per heavy atom. The summed E-state index contributed by atoms with van der Waals surface area (Å²) in [5, 5.41) is 3.09. The fourth-order valence-corrected chi connectivity index (χ4v) is 4.41. The zero-order valence-electron chi connectivity index (χ0n) is 15.4. The summed E-state index contributed by atoms with van der Waals surface area (Å²) in [6, 6.07) is 16.5. The zero-order chi connectivity index (χ0) is 20.9. The first-order valence-electron chi connectivity index (χ1n) is 8.59. The highest BCUT2D eigenvalue weighted by atomic mass is 35.5. The number of anilines is 2. The van der Waals surface area contributed by atoms with Crippen LogP contribution in [-0.4, -0.2) is 24.6 Å². The number of hydrogen-bond acceptors (Lipinski definition) is 5. The number of hydrogen-bond donors (Lipinski definition) is 2. The number of nitrogens with zero attached hydrogens (tertiary/aromatic N) is 1. The van der Waals surface area contributed by atoms with E-state index in [0.717, 1.165) is 4.90 Å². The average molecular weight is 448 g/mol. The third-order valence-corrected chi connectivity index (χ3v) is 6.60. The number of thioether (sulfide) groups is 1. The van der Waals surface area contributed by atoms with E-state index >= 15 is 0 Å². The lowest BCUT2D eigenvalue weighted by molar-refractivity contribution is -0.115. The molecule has 29 heavy (non-hydrogen) atoms. The second-order valence-electron chi connectivity index (χ2n) is 6.07. The molecule has 150 valence electrons. The maximum absolute atomic E-state index is 12.4. The van der Waals surface area contributed by atoms with E-state index in [-0.39, 0.29) is 16.1 Å². The fraction of sp³-hybridized carbons (Fsp3) is 0.100. The molecule has 2 aromatic carbocycles. The lowest BCUT2D eigenvalue weighted by Crippen LogP contribution is -2.22. The minimum atomic E-state index is -3.74. The Bertz CT molecular complexity index is 1070. The number of benzene rings is 2. The first kappa shape index (κ1) is 21.2. The van der Waals surface area contributed by atoms with E-state index in [9.17, 15) is 13.2 Å². The Morgan fingerprint density at radius 1 is 1.03 bits per heavy atom. The molecule has 0 aliphatic carbocycles. The van der Waals surface area contributed by atoms with Gasteiger partial charge in [0.25, 0.3) is 10.0 Å². The first-order valence-corrected chi connectivity index (χ1v) is 11.3. The number of amides is 1. The summed E-state index contributed by atoms with van der Waals surface area (Å²) < 4.78 is 27.3. The summed E-state index contributed by atoms with van der Waals surface area (Å²) in [5.74, 6) is -0.186. The summed E-state index contributed by atoms with van der Waals surface area (Å²) in [6.45, 7) is 1.80. The topological polar surface area (TPSA) is 88.2 Å².